The van der Waals surface area contributed by atoms with E-state index in [4.69, 9.17) is 5.26 Å². The van der Waals surface area contributed by atoms with Crippen molar-refractivity contribution < 1.29 is 8.78 Å². The van der Waals surface area contributed by atoms with Crippen LogP contribution in [0.2, 0.25) is 0 Å². The summed E-state index contributed by atoms with van der Waals surface area (Å²) in [6, 6.07) is 12.7. The van der Waals surface area contributed by atoms with Crippen molar-refractivity contribution >= 4 is 0 Å². The lowest BCUT2D eigenvalue weighted by Crippen LogP contribution is -2.10. The van der Waals surface area contributed by atoms with E-state index in [2.05, 4.69) is 26.2 Å². The van der Waals surface area contributed by atoms with Gasteiger partial charge >= 0.3 is 0 Å². The first-order valence-corrected chi connectivity index (χ1v) is 10.0. The Morgan fingerprint density at radius 2 is 1.78 bits per heavy atom. The molecule has 9 heteroatoms. The Kier molecular flexibility index (Phi) is 5.77. The Labute approximate surface area is 184 Å². The van der Waals surface area contributed by atoms with E-state index in [1.54, 1.807) is 28.9 Å². The number of alkyl halides is 2. The average Bonchev–Trinajstić information content (AvgIpc) is 3.25. The topological polar surface area (TPSA) is 85.2 Å². The second kappa shape index (κ2) is 8.67. The molecule has 0 radical (unpaired) electrons. The molecule has 0 aliphatic heterocycles. The highest BCUT2D eigenvalue weighted by Crippen LogP contribution is 2.28. The van der Waals surface area contributed by atoms with E-state index >= 15 is 0 Å². The number of halogens is 2. The molecule has 0 amide bonds. The van der Waals surface area contributed by atoms with E-state index in [-0.39, 0.29) is 0 Å². The number of hydrogen-bond donors (Lipinski definition) is 0. The fourth-order valence-electron chi connectivity index (χ4n) is 3.73. The summed E-state index contributed by atoms with van der Waals surface area (Å²) in [6.45, 7) is 5.20. The molecule has 0 aliphatic rings. The fourth-order valence-corrected chi connectivity index (χ4v) is 3.73. The van der Waals surface area contributed by atoms with Gasteiger partial charge in [0.2, 0.25) is 0 Å². The Hall–Kier alpha value is -3.93. The van der Waals surface area contributed by atoms with Crippen molar-refractivity contribution in [2.75, 3.05) is 0 Å². The van der Waals surface area contributed by atoms with E-state index in [0.29, 0.717) is 34.9 Å². The minimum Gasteiger partial charge on any atom is -0.259 e. The summed E-state index contributed by atoms with van der Waals surface area (Å²) in [4.78, 5) is 8.66. The van der Waals surface area contributed by atoms with Gasteiger partial charge in [0.1, 0.15) is 12.9 Å². The third kappa shape index (κ3) is 4.25. The minimum absolute atomic E-state index is 0.361. The maximum Gasteiger partial charge on any atom is 0.257 e. The van der Waals surface area contributed by atoms with Crippen LogP contribution in [0.1, 0.15) is 33.9 Å². The van der Waals surface area contributed by atoms with Crippen molar-refractivity contribution in [1.29, 1.82) is 5.26 Å². The molecule has 0 aliphatic carbocycles. The zero-order chi connectivity index (χ0) is 22.8. The van der Waals surface area contributed by atoms with Gasteiger partial charge < -0.3 is 0 Å². The van der Waals surface area contributed by atoms with Crippen LogP contribution in [-0.4, -0.2) is 36.0 Å². The summed E-state index contributed by atoms with van der Waals surface area (Å²) in [6.07, 6.45) is -0.718. The van der Waals surface area contributed by atoms with Gasteiger partial charge in [-0.25, -0.2) is 23.4 Å². The molecular weight excluding hydrogens is 412 g/mol. The molecule has 7 nitrogen and oxygen atoms in total. The van der Waals surface area contributed by atoms with Crippen LogP contribution < -0.4 is 0 Å². The van der Waals surface area contributed by atoms with E-state index in [0.717, 1.165) is 22.5 Å². The molecular formula is C23H21F2N7. The van der Waals surface area contributed by atoms with Crippen molar-refractivity contribution in [2.45, 2.75) is 40.2 Å². The molecule has 0 spiro atoms. The average molecular weight is 433 g/mol. The van der Waals surface area contributed by atoms with Gasteiger partial charge in [-0.3, -0.25) is 4.68 Å². The molecule has 0 unspecified atom stereocenters. The lowest BCUT2D eigenvalue weighted by molar-refractivity contribution is 0.122. The summed E-state index contributed by atoms with van der Waals surface area (Å²) in [7, 11) is 0. The molecule has 4 rings (SSSR count). The van der Waals surface area contributed by atoms with Crippen molar-refractivity contribution in [2.24, 2.45) is 0 Å². The Bertz CT molecular complexity index is 1300. The summed E-state index contributed by atoms with van der Waals surface area (Å²) < 4.78 is 29.6. The van der Waals surface area contributed by atoms with Gasteiger partial charge in [-0.15, -0.1) is 0 Å². The number of aryl methyl sites for hydroxylation is 2. The maximum absolute atomic E-state index is 13.2. The second-order valence-corrected chi connectivity index (χ2v) is 7.57. The number of nitriles is 1. The quantitative estimate of drug-likeness (QED) is 0.455. The SMILES string of the molecule is Cc1cc(C)n(-c2cc(Cc3nn(CC(F)F)c(-c4ccc(C#N)cc4)c3C)ncn2)n1. The van der Waals surface area contributed by atoms with Crippen LogP contribution in [0.25, 0.3) is 17.1 Å². The molecule has 0 fully saturated rings. The first-order chi connectivity index (χ1) is 15.4. The van der Waals surface area contributed by atoms with Crippen LogP contribution in [-0.2, 0) is 13.0 Å². The van der Waals surface area contributed by atoms with E-state index in [9.17, 15) is 8.78 Å². The van der Waals surface area contributed by atoms with Crippen molar-refractivity contribution in [3.05, 3.63) is 76.6 Å². The van der Waals surface area contributed by atoms with Crippen molar-refractivity contribution in [1.82, 2.24) is 29.5 Å². The molecule has 162 valence electrons. The van der Waals surface area contributed by atoms with Crippen molar-refractivity contribution in [3.63, 3.8) is 0 Å². The van der Waals surface area contributed by atoms with E-state index < -0.39 is 13.0 Å². The molecule has 0 bridgehead atoms. The highest BCUT2D eigenvalue weighted by Gasteiger charge is 2.19. The zero-order valence-corrected chi connectivity index (χ0v) is 17.9. The Balaban J connectivity index is 1.71. The Morgan fingerprint density at radius 3 is 2.41 bits per heavy atom. The molecule has 3 aromatic heterocycles. The number of benzene rings is 1. The normalized spacial score (nSPS) is 11.2. The lowest BCUT2D eigenvalue weighted by Gasteiger charge is -2.08. The number of aromatic nitrogens is 6. The summed E-state index contributed by atoms with van der Waals surface area (Å²) in [5.41, 5.74) is 5.83. The molecule has 0 N–H and O–H groups in total. The number of nitrogens with zero attached hydrogens (tertiary/aromatic N) is 7. The van der Waals surface area contributed by atoms with E-state index in [1.807, 2.05) is 32.9 Å². The molecule has 32 heavy (non-hydrogen) atoms. The van der Waals surface area contributed by atoms with Gasteiger partial charge in [0.25, 0.3) is 6.43 Å². The van der Waals surface area contributed by atoms with Gasteiger partial charge in [0.15, 0.2) is 5.82 Å². The molecule has 1 aromatic carbocycles. The largest absolute Gasteiger partial charge is 0.259 e. The minimum atomic E-state index is -2.55. The maximum atomic E-state index is 13.2. The lowest BCUT2D eigenvalue weighted by atomic mass is 10.0. The molecule has 0 saturated carbocycles. The predicted molar refractivity (Wildman–Crippen MR) is 115 cm³/mol. The van der Waals surface area contributed by atoms with Gasteiger partial charge in [-0.05, 0) is 44.5 Å². The summed E-state index contributed by atoms with van der Waals surface area (Å²) >= 11 is 0. The standard InChI is InChI=1S/C23H21F2N7/c1-14-8-15(2)32(29-14)22-10-19(27-13-28-22)9-20-16(3)23(31(30-20)12-21(24)25)18-6-4-17(11-26)5-7-18/h4-8,10,13,21H,9,12H2,1-3H3. The summed E-state index contributed by atoms with van der Waals surface area (Å²) in [5.74, 6) is 0.637. The first kappa shape index (κ1) is 21.3. The number of hydrogen-bond acceptors (Lipinski definition) is 5. The van der Waals surface area contributed by atoms with Crippen LogP contribution >= 0.6 is 0 Å². The fraction of sp³-hybridized carbons (Fsp3) is 0.261. The van der Waals surface area contributed by atoms with E-state index in [1.165, 1.54) is 11.0 Å². The first-order valence-electron chi connectivity index (χ1n) is 10.0. The van der Waals surface area contributed by atoms with Gasteiger partial charge in [-0.2, -0.15) is 15.5 Å². The monoisotopic (exact) mass is 433 g/mol. The Morgan fingerprint density at radius 1 is 1.03 bits per heavy atom. The summed E-state index contributed by atoms with van der Waals surface area (Å²) in [5, 5.41) is 18.0. The smallest absolute Gasteiger partial charge is 0.257 e. The highest BCUT2D eigenvalue weighted by atomic mass is 19.3. The number of rotatable bonds is 6. The van der Waals surface area contributed by atoms with Crippen LogP contribution in [0, 0.1) is 32.1 Å². The highest BCUT2D eigenvalue weighted by molar-refractivity contribution is 5.65. The molecule has 4 aromatic rings. The zero-order valence-electron chi connectivity index (χ0n) is 17.9. The molecule has 3 heterocycles. The van der Waals surface area contributed by atoms with Crippen LogP contribution in [0.3, 0.4) is 0 Å². The second-order valence-electron chi connectivity index (χ2n) is 7.57. The van der Waals surface area contributed by atoms with Crippen LogP contribution in [0.4, 0.5) is 8.78 Å². The molecule has 0 atom stereocenters. The van der Waals surface area contributed by atoms with Gasteiger partial charge in [0, 0.05) is 23.7 Å². The van der Waals surface area contributed by atoms with Crippen LogP contribution in [0.15, 0.2) is 42.7 Å². The molecule has 0 saturated heterocycles. The van der Waals surface area contributed by atoms with Gasteiger partial charge in [0.05, 0.1) is 34.4 Å². The van der Waals surface area contributed by atoms with Crippen LogP contribution in [0.5, 0.6) is 0 Å². The third-order valence-electron chi connectivity index (χ3n) is 5.17. The van der Waals surface area contributed by atoms with Crippen molar-refractivity contribution in [3.8, 4) is 23.1 Å². The van der Waals surface area contributed by atoms with Gasteiger partial charge in [-0.1, -0.05) is 12.1 Å². The third-order valence-corrected chi connectivity index (χ3v) is 5.17. The predicted octanol–water partition coefficient (Wildman–Crippen LogP) is 4.18.